The molecule has 6 nitrogen and oxygen atoms in total. The second kappa shape index (κ2) is 8.67. The van der Waals surface area contributed by atoms with Gasteiger partial charge in [-0.2, -0.15) is 5.10 Å². The highest BCUT2D eigenvalue weighted by Gasteiger charge is 2.40. The van der Waals surface area contributed by atoms with Gasteiger partial charge in [0.25, 0.3) is 5.91 Å². The number of hydrogen-bond acceptors (Lipinski definition) is 4. The summed E-state index contributed by atoms with van der Waals surface area (Å²) < 4.78 is 6.77. The van der Waals surface area contributed by atoms with Gasteiger partial charge in [0, 0.05) is 12.5 Å². The average Bonchev–Trinajstić information content (AvgIpc) is 3.04. The summed E-state index contributed by atoms with van der Waals surface area (Å²) in [5.74, 6) is -1.06. The predicted octanol–water partition coefficient (Wildman–Crippen LogP) is 3.20. The number of nitrogens with zero attached hydrogens (tertiary/aromatic N) is 1. The van der Waals surface area contributed by atoms with Crippen LogP contribution in [0.15, 0.2) is 56.5 Å². The minimum Gasteiger partial charge on any atom is -0.494 e. The van der Waals surface area contributed by atoms with Crippen molar-refractivity contribution in [3.05, 3.63) is 62.5 Å². The summed E-state index contributed by atoms with van der Waals surface area (Å²) in [5.41, 5.74) is 4.18. The molecule has 1 saturated heterocycles. The Hall–Kier alpha value is -2.19. The fourth-order valence-corrected chi connectivity index (χ4v) is 4.57. The van der Waals surface area contributed by atoms with Gasteiger partial charge in [-0.1, -0.05) is 30.3 Å². The molecule has 2 aromatic carbocycles. The molecule has 8 heteroatoms. The molecule has 0 aromatic heterocycles. The maximum atomic E-state index is 12.5. The molecule has 1 aliphatic heterocycles. The van der Waals surface area contributed by atoms with E-state index in [-0.39, 0.29) is 11.8 Å². The Labute approximate surface area is 173 Å². The fourth-order valence-electron chi connectivity index (χ4n) is 3.02. The van der Waals surface area contributed by atoms with Crippen LogP contribution in [0.25, 0.3) is 0 Å². The Morgan fingerprint density at radius 1 is 1.26 bits per heavy atom. The molecule has 2 amide bonds. The molecule has 0 radical (unpaired) electrons. The number of carbonyl (C=O) groups is 2. The number of halogens is 2. The van der Waals surface area contributed by atoms with E-state index in [9.17, 15) is 9.59 Å². The van der Waals surface area contributed by atoms with E-state index in [1.807, 2.05) is 42.5 Å². The minimum atomic E-state index is -0.807. The van der Waals surface area contributed by atoms with E-state index in [1.54, 1.807) is 7.11 Å². The van der Waals surface area contributed by atoms with Gasteiger partial charge in [-0.25, -0.2) is 5.43 Å². The maximum Gasteiger partial charge on any atom is 0.253 e. The van der Waals surface area contributed by atoms with Crippen LogP contribution in [0.4, 0.5) is 0 Å². The molecular weight excluding hydrogens is 478 g/mol. The fraction of sp³-hybridized carbons (Fsp3) is 0.211. The van der Waals surface area contributed by atoms with Crippen molar-refractivity contribution in [1.82, 2.24) is 10.7 Å². The number of hydrazone groups is 1. The molecule has 1 fully saturated rings. The number of nitrogens with one attached hydrogen (secondary N) is 2. The van der Waals surface area contributed by atoms with Crippen LogP contribution in [0.5, 0.6) is 5.75 Å². The summed E-state index contributed by atoms with van der Waals surface area (Å²) in [4.78, 5) is 24.7. The van der Waals surface area contributed by atoms with Crippen LogP contribution in [0, 0.1) is 5.92 Å². The SMILES string of the molecule is COc1c(Br)cc(C=NNC(=O)C2C(=O)NCC2c2ccccc2)cc1Br. The van der Waals surface area contributed by atoms with Gasteiger partial charge in [-0.15, -0.1) is 0 Å². The highest BCUT2D eigenvalue weighted by molar-refractivity contribution is 9.11. The monoisotopic (exact) mass is 493 g/mol. The molecule has 2 aromatic rings. The van der Waals surface area contributed by atoms with Gasteiger partial charge in [0.2, 0.25) is 5.91 Å². The van der Waals surface area contributed by atoms with Crippen LogP contribution in [-0.2, 0) is 9.59 Å². The number of methoxy groups -OCH3 is 1. The van der Waals surface area contributed by atoms with Crippen molar-refractivity contribution >= 4 is 49.9 Å². The first kappa shape index (κ1) is 19.6. The van der Waals surface area contributed by atoms with E-state index in [0.29, 0.717) is 12.3 Å². The van der Waals surface area contributed by atoms with Crippen molar-refractivity contribution in [3.63, 3.8) is 0 Å². The van der Waals surface area contributed by atoms with Gasteiger partial charge in [0.15, 0.2) is 0 Å². The molecule has 2 atom stereocenters. The van der Waals surface area contributed by atoms with Gasteiger partial charge in [0.1, 0.15) is 11.7 Å². The van der Waals surface area contributed by atoms with E-state index in [1.165, 1.54) is 6.21 Å². The summed E-state index contributed by atoms with van der Waals surface area (Å²) in [6.07, 6.45) is 1.51. The second-order valence-electron chi connectivity index (χ2n) is 5.99. The minimum absolute atomic E-state index is 0.210. The van der Waals surface area contributed by atoms with Crippen molar-refractivity contribution < 1.29 is 14.3 Å². The molecule has 3 rings (SSSR count). The zero-order valence-electron chi connectivity index (χ0n) is 14.4. The molecule has 0 saturated carbocycles. The lowest BCUT2D eigenvalue weighted by Crippen LogP contribution is -2.34. The quantitative estimate of drug-likeness (QED) is 0.380. The first-order chi connectivity index (χ1) is 13.0. The molecule has 0 aliphatic carbocycles. The van der Waals surface area contributed by atoms with Gasteiger partial charge < -0.3 is 10.1 Å². The van der Waals surface area contributed by atoms with Crippen molar-refractivity contribution in [2.75, 3.05) is 13.7 Å². The van der Waals surface area contributed by atoms with Crippen LogP contribution in [-0.4, -0.2) is 31.7 Å². The van der Waals surface area contributed by atoms with Gasteiger partial charge in [-0.05, 0) is 55.1 Å². The van der Waals surface area contributed by atoms with Crippen LogP contribution < -0.4 is 15.5 Å². The molecule has 0 bridgehead atoms. The summed E-state index contributed by atoms with van der Waals surface area (Å²) in [6, 6.07) is 13.2. The summed E-state index contributed by atoms with van der Waals surface area (Å²) in [7, 11) is 1.58. The zero-order chi connectivity index (χ0) is 19.4. The molecule has 0 spiro atoms. The van der Waals surface area contributed by atoms with E-state index >= 15 is 0 Å². The van der Waals surface area contributed by atoms with Crippen LogP contribution in [0.1, 0.15) is 17.0 Å². The summed E-state index contributed by atoms with van der Waals surface area (Å²) >= 11 is 6.84. The molecule has 140 valence electrons. The van der Waals surface area contributed by atoms with E-state index < -0.39 is 11.8 Å². The lowest BCUT2D eigenvalue weighted by Gasteiger charge is -2.15. The Balaban J connectivity index is 1.71. The number of amides is 2. The Morgan fingerprint density at radius 3 is 2.56 bits per heavy atom. The van der Waals surface area contributed by atoms with Crippen LogP contribution in [0.2, 0.25) is 0 Å². The largest absolute Gasteiger partial charge is 0.494 e. The van der Waals surface area contributed by atoms with E-state index in [0.717, 1.165) is 20.1 Å². The molecule has 2 N–H and O–H groups in total. The highest BCUT2D eigenvalue weighted by atomic mass is 79.9. The molecule has 27 heavy (non-hydrogen) atoms. The van der Waals surface area contributed by atoms with Crippen molar-refractivity contribution in [3.8, 4) is 5.75 Å². The standard InChI is InChI=1S/C19H17Br2N3O3/c1-27-17-14(20)7-11(8-15(17)21)9-23-24-19(26)16-13(10-22-18(16)25)12-5-3-2-4-6-12/h2-9,13,16H,10H2,1H3,(H,22,25)(H,24,26). The highest BCUT2D eigenvalue weighted by Crippen LogP contribution is 2.34. The molecule has 2 unspecified atom stereocenters. The van der Waals surface area contributed by atoms with Gasteiger partial charge in [-0.3, -0.25) is 9.59 Å². The summed E-state index contributed by atoms with van der Waals surface area (Å²) in [5, 5.41) is 6.76. The Bertz CT molecular complexity index is 864. The predicted molar refractivity (Wildman–Crippen MR) is 110 cm³/mol. The molecule has 1 aliphatic rings. The van der Waals surface area contributed by atoms with E-state index in [4.69, 9.17) is 4.74 Å². The summed E-state index contributed by atoms with van der Waals surface area (Å²) in [6.45, 7) is 0.434. The first-order valence-corrected chi connectivity index (χ1v) is 9.78. The number of rotatable bonds is 5. The Morgan fingerprint density at radius 2 is 1.93 bits per heavy atom. The smallest absolute Gasteiger partial charge is 0.253 e. The number of ether oxygens (including phenoxy) is 1. The molecular formula is C19H17Br2N3O3. The molecule has 1 heterocycles. The third kappa shape index (κ3) is 4.39. The average molecular weight is 495 g/mol. The van der Waals surface area contributed by atoms with Crippen LogP contribution >= 0.6 is 31.9 Å². The topological polar surface area (TPSA) is 79.8 Å². The lowest BCUT2D eigenvalue weighted by molar-refractivity contribution is -0.133. The first-order valence-electron chi connectivity index (χ1n) is 8.20. The normalized spacial score (nSPS) is 19.1. The van der Waals surface area contributed by atoms with Gasteiger partial charge >= 0.3 is 0 Å². The van der Waals surface area contributed by atoms with Gasteiger partial charge in [0.05, 0.1) is 22.3 Å². The zero-order valence-corrected chi connectivity index (χ0v) is 17.6. The Kier molecular flexibility index (Phi) is 6.28. The van der Waals surface area contributed by atoms with Crippen molar-refractivity contribution in [1.29, 1.82) is 0 Å². The number of hydrogen-bond donors (Lipinski definition) is 2. The van der Waals surface area contributed by atoms with Crippen LogP contribution in [0.3, 0.4) is 0 Å². The number of benzene rings is 2. The maximum absolute atomic E-state index is 12.5. The lowest BCUT2D eigenvalue weighted by atomic mass is 9.88. The second-order valence-corrected chi connectivity index (χ2v) is 7.70. The van der Waals surface area contributed by atoms with Crippen molar-refractivity contribution in [2.45, 2.75) is 5.92 Å². The third-order valence-corrected chi connectivity index (χ3v) is 5.48. The van der Waals surface area contributed by atoms with E-state index in [2.05, 4.69) is 47.7 Å². The third-order valence-electron chi connectivity index (χ3n) is 4.30. The van der Waals surface area contributed by atoms with Crippen molar-refractivity contribution in [2.24, 2.45) is 11.0 Å². The number of carbonyl (C=O) groups excluding carboxylic acids is 2.